The van der Waals surface area contributed by atoms with Crippen LogP contribution in [-0.2, 0) is 4.79 Å². The lowest BCUT2D eigenvalue weighted by Gasteiger charge is -2.22. The number of rotatable bonds is 7. The van der Waals surface area contributed by atoms with Crippen molar-refractivity contribution in [3.63, 3.8) is 0 Å². The van der Waals surface area contributed by atoms with Crippen molar-refractivity contribution in [2.75, 3.05) is 12.4 Å². The Bertz CT molecular complexity index is 1040. The van der Waals surface area contributed by atoms with E-state index in [2.05, 4.69) is 20.1 Å². The highest BCUT2D eigenvalue weighted by molar-refractivity contribution is 8.00. The highest BCUT2D eigenvalue weighted by Crippen LogP contribution is 2.36. The van der Waals surface area contributed by atoms with Gasteiger partial charge in [0.1, 0.15) is 11.6 Å². The molecule has 168 valence electrons. The number of methoxy groups -OCH3 is 1. The van der Waals surface area contributed by atoms with E-state index in [-0.39, 0.29) is 11.2 Å². The molecule has 3 aromatic rings. The summed E-state index contributed by atoms with van der Waals surface area (Å²) in [4.78, 5) is 12.8. The number of benzene rings is 2. The first-order valence-electron chi connectivity index (χ1n) is 11.2. The monoisotopic (exact) mass is 450 g/mol. The largest absolute Gasteiger partial charge is 0.497 e. The molecule has 1 amide bonds. The van der Waals surface area contributed by atoms with Gasteiger partial charge in [0, 0.05) is 17.3 Å². The van der Waals surface area contributed by atoms with Crippen LogP contribution in [-0.4, -0.2) is 33.0 Å². The molecule has 1 heterocycles. The van der Waals surface area contributed by atoms with Crippen molar-refractivity contribution in [3.05, 3.63) is 59.9 Å². The molecule has 1 aliphatic carbocycles. The van der Waals surface area contributed by atoms with Crippen molar-refractivity contribution in [2.24, 2.45) is 0 Å². The molecule has 32 heavy (non-hydrogen) atoms. The number of nitrogens with zero attached hydrogens (tertiary/aromatic N) is 3. The summed E-state index contributed by atoms with van der Waals surface area (Å²) in [6.45, 7) is 3.93. The van der Waals surface area contributed by atoms with Gasteiger partial charge in [0.25, 0.3) is 0 Å². The second kappa shape index (κ2) is 10.2. The normalized spacial score (nSPS) is 15.3. The molecule has 1 aromatic heterocycles. The summed E-state index contributed by atoms with van der Waals surface area (Å²) in [7, 11) is 1.66. The van der Waals surface area contributed by atoms with Gasteiger partial charge < -0.3 is 10.1 Å². The molecule has 0 bridgehead atoms. The summed E-state index contributed by atoms with van der Waals surface area (Å²) in [5, 5.41) is 12.5. The Morgan fingerprint density at radius 1 is 1.06 bits per heavy atom. The molecule has 6 nitrogen and oxygen atoms in total. The fourth-order valence-corrected chi connectivity index (χ4v) is 4.92. The zero-order chi connectivity index (χ0) is 22.5. The third-order valence-electron chi connectivity index (χ3n) is 5.93. The fraction of sp³-hybridized carbons (Fsp3) is 0.400. The van der Waals surface area contributed by atoms with Crippen LogP contribution in [0.1, 0.15) is 56.3 Å². The summed E-state index contributed by atoms with van der Waals surface area (Å²) < 4.78 is 7.45. The van der Waals surface area contributed by atoms with E-state index in [0.717, 1.165) is 46.5 Å². The number of carbonyl (C=O) groups excluding carboxylic acids is 1. The van der Waals surface area contributed by atoms with E-state index in [1.165, 1.54) is 31.0 Å². The number of hydrogen-bond donors (Lipinski definition) is 1. The van der Waals surface area contributed by atoms with E-state index in [9.17, 15) is 4.79 Å². The number of ether oxygens (including phenoxy) is 1. The molecule has 1 fully saturated rings. The highest BCUT2D eigenvalue weighted by Gasteiger charge is 2.26. The number of aromatic nitrogens is 3. The number of thioether (sulfide) groups is 1. The van der Waals surface area contributed by atoms with Gasteiger partial charge in [-0.2, -0.15) is 0 Å². The minimum Gasteiger partial charge on any atom is -0.497 e. The van der Waals surface area contributed by atoms with Gasteiger partial charge in [0.05, 0.1) is 12.4 Å². The summed E-state index contributed by atoms with van der Waals surface area (Å²) in [5.74, 6) is 2.14. The van der Waals surface area contributed by atoms with Gasteiger partial charge in [-0.05, 0) is 63.1 Å². The minimum atomic E-state index is -0.322. The molecular weight excluding hydrogens is 420 g/mol. The Balaban J connectivity index is 1.58. The maximum Gasteiger partial charge on any atom is 0.237 e. The fourth-order valence-electron chi connectivity index (χ4n) is 4.05. The molecular formula is C25H30N4O2S. The van der Waals surface area contributed by atoms with E-state index in [1.807, 2.05) is 62.4 Å². The molecule has 0 radical (unpaired) electrons. The number of aryl methyl sites for hydroxylation is 1. The Kier molecular flexibility index (Phi) is 7.15. The molecule has 1 N–H and O–H groups in total. The molecule has 7 heteroatoms. The van der Waals surface area contributed by atoms with Gasteiger partial charge in [-0.3, -0.25) is 9.36 Å². The van der Waals surface area contributed by atoms with Crippen LogP contribution in [0.4, 0.5) is 5.69 Å². The van der Waals surface area contributed by atoms with Crippen LogP contribution >= 0.6 is 11.8 Å². The van der Waals surface area contributed by atoms with Gasteiger partial charge in [-0.15, -0.1) is 10.2 Å². The molecule has 1 atom stereocenters. The number of amides is 1. The Hall–Kier alpha value is -2.80. The molecule has 2 aromatic carbocycles. The second-order valence-corrected chi connectivity index (χ2v) is 9.63. The van der Waals surface area contributed by atoms with Gasteiger partial charge in [-0.25, -0.2) is 0 Å². The third-order valence-corrected chi connectivity index (χ3v) is 6.97. The first-order chi connectivity index (χ1) is 15.5. The predicted molar refractivity (Wildman–Crippen MR) is 129 cm³/mol. The first kappa shape index (κ1) is 22.4. The Morgan fingerprint density at radius 3 is 2.41 bits per heavy atom. The SMILES string of the molecule is COc1ccc(-n2c(S[C@H](C)C(=O)Nc3ccc(C)cc3)nnc2C2CCCCC2)cc1. The van der Waals surface area contributed by atoms with E-state index >= 15 is 0 Å². The maximum atomic E-state index is 12.8. The molecule has 0 spiro atoms. The summed E-state index contributed by atoms with van der Waals surface area (Å²) in [6.07, 6.45) is 5.98. The summed E-state index contributed by atoms with van der Waals surface area (Å²) in [6, 6.07) is 15.8. The van der Waals surface area contributed by atoms with Crippen LogP contribution in [0, 0.1) is 6.92 Å². The van der Waals surface area contributed by atoms with Crippen molar-refractivity contribution < 1.29 is 9.53 Å². The molecule has 1 saturated carbocycles. The van der Waals surface area contributed by atoms with Crippen LogP contribution in [0.2, 0.25) is 0 Å². The number of nitrogens with one attached hydrogen (secondary N) is 1. The lowest BCUT2D eigenvalue weighted by Crippen LogP contribution is -2.23. The van der Waals surface area contributed by atoms with Crippen molar-refractivity contribution in [1.29, 1.82) is 0 Å². The first-order valence-corrected chi connectivity index (χ1v) is 12.1. The van der Waals surface area contributed by atoms with Crippen LogP contribution in [0.3, 0.4) is 0 Å². The zero-order valence-corrected chi connectivity index (χ0v) is 19.7. The molecule has 1 aliphatic rings. The standard InChI is InChI=1S/C25H30N4O2S/c1-17-9-11-20(12-10-17)26-24(30)18(2)32-25-28-27-23(19-7-5-4-6-8-19)29(25)21-13-15-22(31-3)16-14-21/h9-16,18-19H,4-8H2,1-3H3,(H,26,30)/t18-/m1/s1. The average molecular weight is 451 g/mol. The summed E-state index contributed by atoms with van der Waals surface area (Å²) in [5.41, 5.74) is 2.95. The third kappa shape index (κ3) is 5.15. The molecule has 4 rings (SSSR count). The summed E-state index contributed by atoms with van der Waals surface area (Å²) >= 11 is 1.44. The van der Waals surface area contributed by atoms with Crippen molar-refractivity contribution in [1.82, 2.24) is 14.8 Å². The lowest BCUT2D eigenvalue weighted by atomic mass is 9.88. The average Bonchev–Trinajstić information content (AvgIpc) is 3.24. The number of anilines is 1. The lowest BCUT2D eigenvalue weighted by molar-refractivity contribution is -0.115. The molecule has 0 aliphatic heterocycles. The maximum absolute atomic E-state index is 12.8. The highest BCUT2D eigenvalue weighted by atomic mass is 32.2. The van der Waals surface area contributed by atoms with Crippen LogP contribution in [0.25, 0.3) is 5.69 Å². The van der Waals surface area contributed by atoms with E-state index < -0.39 is 0 Å². The molecule has 0 unspecified atom stereocenters. The zero-order valence-electron chi connectivity index (χ0n) is 18.9. The topological polar surface area (TPSA) is 69.0 Å². The number of hydrogen-bond acceptors (Lipinski definition) is 5. The molecule has 0 saturated heterocycles. The van der Waals surface area contributed by atoms with Gasteiger partial charge in [0.2, 0.25) is 5.91 Å². The van der Waals surface area contributed by atoms with Crippen molar-refractivity contribution >= 4 is 23.4 Å². The van der Waals surface area contributed by atoms with E-state index in [4.69, 9.17) is 4.74 Å². The smallest absolute Gasteiger partial charge is 0.237 e. The van der Waals surface area contributed by atoms with Crippen molar-refractivity contribution in [2.45, 2.75) is 62.3 Å². The Morgan fingerprint density at radius 2 is 1.75 bits per heavy atom. The van der Waals surface area contributed by atoms with Crippen molar-refractivity contribution in [3.8, 4) is 11.4 Å². The van der Waals surface area contributed by atoms with Crippen LogP contribution < -0.4 is 10.1 Å². The predicted octanol–water partition coefficient (Wildman–Crippen LogP) is 5.75. The quantitative estimate of drug-likeness (QED) is 0.464. The van der Waals surface area contributed by atoms with Gasteiger partial charge >= 0.3 is 0 Å². The minimum absolute atomic E-state index is 0.0534. The van der Waals surface area contributed by atoms with Gasteiger partial charge in [-0.1, -0.05) is 48.7 Å². The van der Waals surface area contributed by atoms with E-state index in [1.54, 1.807) is 7.11 Å². The second-order valence-electron chi connectivity index (χ2n) is 8.32. The van der Waals surface area contributed by atoms with Gasteiger partial charge in [0.15, 0.2) is 5.16 Å². The Labute approximate surface area is 193 Å². The van der Waals surface area contributed by atoms with E-state index in [0.29, 0.717) is 5.92 Å². The van der Waals surface area contributed by atoms with Crippen LogP contribution in [0.15, 0.2) is 53.7 Å². The van der Waals surface area contributed by atoms with Crippen LogP contribution in [0.5, 0.6) is 5.75 Å². The number of carbonyl (C=O) groups is 1.